The number of aryl methyl sites for hydroxylation is 1. The van der Waals surface area contributed by atoms with Gasteiger partial charge in [-0.2, -0.15) is 0 Å². The summed E-state index contributed by atoms with van der Waals surface area (Å²) >= 11 is 0. The van der Waals surface area contributed by atoms with Crippen LogP contribution in [0.5, 0.6) is 5.75 Å². The number of ketones is 1. The summed E-state index contributed by atoms with van der Waals surface area (Å²) in [5, 5.41) is 10.8. The quantitative estimate of drug-likeness (QED) is 0.471. The van der Waals surface area contributed by atoms with Crippen LogP contribution < -0.4 is 5.76 Å². The van der Waals surface area contributed by atoms with E-state index in [9.17, 15) is 14.7 Å². The van der Waals surface area contributed by atoms with E-state index in [-0.39, 0.29) is 16.6 Å². The Balaban J connectivity index is 2.02. The number of fused-ring (bicyclic) bond motifs is 1. The molecule has 0 bridgehead atoms. The molecule has 3 rings (SSSR count). The van der Waals surface area contributed by atoms with E-state index in [0.29, 0.717) is 22.4 Å². The van der Waals surface area contributed by atoms with Crippen LogP contribution >= 0.6 is 0 Å². The summed E-state index contributed by atoms with van der Waals surface area (Å²) in [7, 11) is 1.61. The molecule has 0 aliphatic heterocycles. The third kappa shape index (κ3) is 4.11. The molecule has 2 aromatic carbocycles. The maximum Gasteiger partial charge on any atom is 0.419 e. The monoisotopic (exact) mass is 407 g/mol. The lowest BCUT2D eigenvalue weighted by Gasteiger charge is -2.27. The lowest BCUT2D eigenvalue weighted by Crippen LogP contribution is -2.17. The fraction of sp³-hybridized carbons (Fsp3) is 0.360. The van der Waals surface area contributed by atoms with Gasteiger partial charge in [-0.3, -0.25) is 9.36 Å². The Hall–Kier alpha value is -3.08. The fourth-order valence-electron chi connectivity index (χ4n) is 3.44. The van der Waals surface area contributed by atoms with Crippen molar-refractivity contribution in [2.75, 3.05) is 0 Å². The van der Waals surface area contributed by atoms with E-state index in [4.69, 9.17) is 4.42 Å². The molecule has 0 aliphatic rings. The van der Waals surface area contributed by atoms with Crippen LogP contribution in [0, 0.1) is 0 Å². The number of benzene rings is 2. The second-order valence-electron chi connectivity index (χ2n) is 9.77. The number of aromatic hydroxyl groups is 1. The summed E-state index contributed by atoms with van der Waals surface area (Å²) in [5.74, 6) is -0.323. The SMILES string of the molecule is Cn1c(=O)oc2ccc(C(=O)C=Cc3cc(C(C)(C)C)c(O)c(C(C)(C)C)c3)cc21. The van der Waals surface area contributed by atoms with Gasteiger partial charge in [-0.25, -0.2) is 4.79 Å². The molecule has 0 saturated heterocycles. The molecule has 0 fully saturated rings. The van der Waals surface area contributed by atoms with Crippen LogP contribution in [0.1, 0.15) is 68.6 Å². The number of rotatable bonds is 3. The molecule has 0 saturated carbocycles. The molecule has 30 heavy (non-hydrogen) atoms. The van der Waals surface area contributed by atoms with Gasteiger partial charge >= 0.3 is 5.76 Å². The number of nitrogens with zero attached hydrogens (tertiary/aromatic N) is 1. The Morgan fingerprint density at radius 1 is 1.00 bits per heavy atom. The van der Waals surface area contributed by atoms with Gasteiger partial charge in [-0.1, -0.05) is 47.6 Å². The molecule has 0 aliphatic carbocycles. The molecular formula is C25H29NO4. The highest BCUT2D eigenvalue weighted by Gasteiger charge is 2.26. The zero-order valence-electron chi connectivity index (χ0n) is 18.7. The molecular weight excluding hydrogens is 378 g/mol. The molecule has 5 nitrogen and oxygen atoms in total. The number of carbonyl (C=O) groups is 1. The second kappa shape index (κ2) is 7.31. The molecule has 0 unspecified atom stereocenters. The van der Waals surface area contributed by atoms with Gasteiger partial charge in [0, 0.05) is 23.7 Å². The van der Waals surface area contributed by atoms with Gasteiger partial charge in [0.05, 0.1) is 5.52 Å². The van der Waals surface area contributed by atoms with Crippen LogP contribution in [0.2, 0.25) is 0 Å². The Kier molecular flexibility index (Phi) is 5.27. The van der Waals surface area contributed by atoms with Crippen LogP contribution in [0.15, 0.2) is 45.6 Å². The van der Waals surface area contributed by atoms with E-state index < -0.39 is 5.76 Å². The van der Waals surface area contributed by atoms with Gasteiger partial charge in [0.2, 0.25) is 0 Å². The summed E-state index contributed by atoms with van der Waals surface area (Å²) in [6.07, 6.45) is 3.29. The van der Waals surface area contributed by atoms with Crippen molar-refractivity contribution in [3.8, 4) is 5.75 Å². The molecule has 0 atom stereocenters. The van der Waals surface area contributed by atoms with Crippen molar-refractivity contribution in [2.45, 2.75) is 52.4 Å². The maximum absolute atomic E-state index is 12.8. The van der Waals surface area contributed by atoms with Crippen LogP contribution in [0.3, 0.4) is 0 Å². The summed E-state index contributed by atoms with van der Waals surface area (Å²) < 4.78 is 6.49. The van der Waals surface area contributed by atoms with Crippen LogP contribution in [-0.4, -0.2) is 15.5 Å². The van der Waals surface area contributed by atoms with Gasteiger partial charge in [0.25, 0.3) is 0 Å². The topological polar surface area (TPSA) is 72.4 Å². The van der Waals surface area contributed by atoms with Crippen LogP contribution in [0.4, 0.5) is 0 Å². The minimum atomic E-state index is -0.460. The van der Waals surface area contributed by atoms with Crippen molar-refractivity contribution >= 4 is 23.0 Å². The van der Waals surface area contributed by atoms with E-state index in [2.05, 4.69) is 41.5 Å². The summed E-state index contributed by atoms with van der Waals surface area (Å²) in [6.45, 7) is 12.3. The number of oxazole rings is 1. The Labute approximate surface area is 176 Å². The average molecular weight is 408 g/mol. The number of aromatic nitrogens is 1. The van der Waals surface area contributed by atoms with Crippen LogP contribution in [0.25, 0.3) is 17.2 Å². The van der Waals surface area contributed by atoms with Crippen molar-refractivity contribution < 1.29 is 14.3 Å². The van der Waals surface area contributed by atoms with E-state index in [1.54, 1.807) is 31.3 Å². The highest BCUT2D eigenvalue weighted by atomic mass is 16.4. The predicted octanol–water partition coefficient (Wildman–Crippen LogP) is 5.33. The maximum atomic E-state index is 12.8. The zero-order chi connectivity index (χ0) is 22.4. The zero-order valence-corrected chi connectivity index (χ0v) is 18.7. The van der Waals surface area contributed by atoms with Crippen molar-refractivity contribution in [1.29, 1.82) is 0 Å². The standard InChI is InChI=1S/C25H29NO4/c1-24(2,3)17-12-15(13-18(22(17)28)25(4,5)6)8-10-20(27)16-9-11-21-19(14-16)26(7)23(29)30-21/h8-14,28H,1-7H3. The summed E-state index contributed by atoms with van der Waals surface area (Å²) in [5.41, 5.74) is 3.56. The number of phenolic OH excluding ortho intramolecular Hbond substituents is 1. The summed E-state index contributed by atoms with van der Waals surface area (Å²) in [6, 6.07) is 8.79. The molecule has 1 aromatic heterocycles. The van der Waals surface area contributed by atoms with E-state index in [0.717, 1.165) is 16.7 Å². The first kappa shape index (κ1) is 21.6. The molecule has 1 heterocycles. The first-order chi connectivity index (χ1) is 13.8. The van der Waals surface area contributed by atoms with E-state index in [1.807, 2.05) is 12.1 Å². The highest BCUT2D eigenvalue weighted by Crippen LogP contribution is 2.40. The van der Waals surface area contributed by atoms with E-state index in [1.165, 1.54) is 10.6 Å². The average Bonchev–Trinajstić information content (AvgIpc) is 2.92. The second-order valence-corrected chi connectivity index (χ2v) is 9.77. The predicted molar refractivity (Wildman–Crippen MR) is 120 cm³/mol. The fourth-order valence-corrected chi connectivity index (χ4v) is 3.44. The largest absolute Gasteiger partial charge is 0.507 e. The molecule has 3 aromatic rings. The van der Waals surface area contributed by atoms with Crippen molar-refractivity contribution in [3.05, 3.63) is 69.2 Å². The number of allylic oxidation sites excluding steroid dienone is 1. The highest BCUT2D eigenvalue weighted by molar-refractivity contribution is 6.08. The summed E-state index contributed by atoms with van der Waals surface area (Å²) in [4.78, 5) is 24.4. The molecule has 5 heteroatoms. The Morgan fingerprint density at radius 2 is 1.57 bits per heavy atom. The Morgan fingerprint density at radius 3 is 2.10 bits per heavy atom. The first-order valence-corrected chi connectivity index (χ1v) is 9.99. The van der Waals surface area contributed by atoms with Gasteiger partial charge < -0.3 is 9.52 Å². The van der Waals surface area contributed by atoms with Crippen LogP contribution in [-0.2, 0) is 17.9 Å². The Bertz CT molecular complexity index is 1180. The number of hydrogen-bond donors (Lipinski definition) is 1. The van der Waals surface area contributed by atoms with E-state index >= 15 is 0 Å². The molecule has 0 radical (unpaired) electrons. The first-order valence-electron chi connectivity index (χ1n) is 9.99. The molecule has 1 N–H and O–H groups in total. The van der Waals surface area contributed by atoms with Gasteiger partial charge in [0.15, 0.2) is 11.4 Å². The van der Waals surface area contributed by atoms with Crippen molar-refractivity contribution in [2.24, 2.45) is 7.05 Å². The van der Waals surface area contributed by atoms with Gasteiger partial charge in [-0.15, -0.1) is 0 Å². The minimum Gasteiger partial charge on any atom is -0.507 e. The lowest BCUT2D eigenvalue weighted by atomic mass is 9.78. The third-order valence-electron chi connectivity index (χ3n) is 5.25. The normalized spacial score (nSPS) is 12.8. The molecule has 158 valence electrons. The number of phenols is 1. The minimum absolute atomic E-state index is 0.173. The van der Waals surface area contributed by atoms with Gasteiger partial charge in [0.1, 0.15) is 5.75 Å². The van der Waals surface area contributed by atoms with Crippen molar-refractivity contribution in [1.82, 2.24) is 4.57 Å². The third-order valence-corrected chi connectivity index (χ3v) is 5.25. The number of hydrogen-bond acceptors (Lipinski definition) is 4. The van der Waals surface area contributed by atoms with Crippen molar-refractivity contribution in [3.63, 3.8) is 0 Å². The smallest absolute Gasteiger partial charge is 0.419 e. The van der Waals surface area contributed by atoms with Gasteiger partial charge in [-0.05, 0) is 52.8 Å². The number of carbonyl (C=O) groups excluding carboxylic acids is 1. The lowest BCUT2D eigenvalue weighted by molar-refractivity contribution is 0.104. The molecule has 0 spiro atoms. The molecule has 0 amide bonds.